The lowest BCUT2D eigenvalue weighted by atomic mass is 9.88. The Morgan fingerprint density at radius 3 is 2.57 bits per heavy atom. The topological polar surface area (TPSA) is 73.2 Å². The summed E-state index contributed by atoms with van der Waals surface area (Å²) >= 11 is 0. The first-order chi connectivity index (χ1) is 13.4. The van der Waals surface area contributed by atoms with Crippen LogP contribution in [0.3, 0.4) is 0 Å². The summed E-state index contributed by atoms with van der Waals surface area (Å²) < 4.78 is 5.83. The van der Waals surface area contributed by atoms with Gasteiger partial charge in [0.2, 0.25) is 0 Å². The molecule has 0 aromatic heterocycles. The zero-order valence-electron chi connectivity index (χ0n) is 16.5. The molecule has 0 saturated carbocycles. The van der Waals surface area contributed by atoms with Crippen molar-refractivity contribution in [3.63, 3.8) is 0 Å². The van der Waals surface area contributed by atoms with Gasteiger partial charge in [-0.3, -0.25) is 4.90 Å². The third-order valence-electron chi connectivity index (χ3n) is 5.16. The van der Waals surface area contributed by atoms with E-state index in [4.69, 9.17) is 4.74 Å². The second-order valence-corrected chi connectivity index (χ2v) is 7.09. The largest absolute Gasteiger partial charge is 0.504 e. The van der Waals surface area contributed by atoms with Crippen LogP contribution in [0.2, 0.25) is 0 Å². The first-order valence-electron chi connectivity index (χ1n) is 9.46. The monoisotopic (exact) mass is 381 g/mol. The molecule has 0 fully saturated rings. The van der Waals surface area contributed by atoms with Crippen LogP contribution in [0, 0.1) is 0 Å². The van der Waals surface area contributed by atoms with Crippen LogP contribution < -0.4 is 4.74 Å². The van der Waals surface area contributed by atoms with Gasteiger partial charge in [-0.15, -0.1) is 0 Å². The molecule has 1 aliphatic rings. The Morgan fingerprint density at radius 2 is 1.86 bits per heavy atom. The SMILES string of the molecule is C/C=C\C(=C/C)Oc1cc(C[C@H]2c3cc(O)c(O)cc3CCN2C)ccc1O. The molecule has 2 aromatic carbocycles. The number of phenols is 3. The van der Waals surface area contributed by atoms with Gasteiger partial charge in [-0.25, -0.2) is 0 Å². The number of ether oxygens (including phenoxy) is 1. The number of allylic oxidation sites excluding steroid dienone is 3. The van der Waals surface area contributed by atoms with E-state index in [1.165, 1.54) is 0 Å². The van der Waals surface area contributed by atoms with E-state index >= 15 is 0 Å². The minimum absolute atomic E-state index is 0.0596. The van der Waals surface area contributed by atoms with Crippen molar-refractivity contribution in [3.8, 4) is 23.0 Å². The van der Waals surface area contributed by atoms with Crippen molar-refractivity contribution in [1.82, 2.24) is 4.90 Å². The van der Waals surface area contributed by atoms with Crippen molar-refractivity contribution in [2.75, 3.05) is 13.6 Å². The molecule has 0 unspecified atom stereocenters. The van der Waals surface area contributed by atoms with Crippen LogP contribution in [0.25, 0.3) is 0 Å². The van der Waals surface area contributed by atoms with Gasteiger partial charge in [0.05, 0.1) is 0 Å². The molecule has 3 rings (SSSR count). The molecule has 2 aromatic rings. The lowest BCUT2D eigenvalue weighted by Crippen LogP contribution is -2.33. The Bertz CT molecular complexity index is 917. The van der Waals surface area contributed by atoms with E-state index < -0.39 is 0 Å². The summed E-state index contributed by atoms with van der Waals surface area (Å²) in [7, 11) is 2.05. The molecule has 5 nitrogen and oxygen atoms in total. The third kappa shape index (κ3) is 4.15. The number of rotatable bonds is 5. The quantitative estimate of drug-likeness (QED) is 0.406. The Hall–Kier alpha value is -2.92. The van der Waals surface area contributed by atoms with E-state index in [1.807, 2.05) is 44.2 Å². The summed E-state index contributed by atoms with van der Waals surface area (Å²) in [5.74, 6) is 0.988. The molecule has 28 heavy (non-hydrogen) atoms. The number of benzene rings is 2. The third-order valence-corrected chi connectivity index (χ3v) is 5.16. The van der Waals surface area contributed by atoms with Crippen molar-refractivity contribution < 1.29 is 20.1 Å². The number of nitrogens with zero attached hydrogens (tertiary/aromatic N) is 1. The first-order valence-corrected chi connectivity index (χ1v) is 9.46. The Labute approximate surface area is 165 Å². The zero-order chi connectivity index (χ0) is 20.3. The summed E-state index contributed by atoms with van der Waals surface area (Å²) in [6, 6.07) is 8.76. The number of hydrogen-bond donors (Lipinski definition) is 3. The summed E-state index contributed by atoms with van der Waals surface area (Å²) in [4.78, 5) is 2.24. The van der Waals surface area contributed by atoms with Crippen molar-refractivity contribution in [2.45, 2.75) is 32.7 Å². The fourth-order valence-electron chi connectivity index (χ4n) is 3.59. The standard InChI is InChI=1S/C23H27NO4/c1-4-6-17(5-2)28-23-12-15(7-8-20(23)25)11-19-18-14-22(27)21(26)13-16(18)9-10-24(19)3/h4-8,12-14,19,25-27H,9-11H2,1-3H3/b6-4-,17-5+/t19-/m0/s1. The normalized spacial score (nSPS) is 17.7. The van der Waals surface area contributed by atoms with Gasteiger partial charge < -0.3 is 20.1 Å². The predicted octanol–water partition coefficient (Wildman–Crippen LogP) is 4.43. The molecule has 0 saturated heterocycles. The number of aromatic hydroxyl groups is 3. The van der Waals surface area contributed by atoms with Gasteiger partial charge in [-0.1, -0.05) is 12.1 Å². The highest BCUT2D eigenvalue weighted by Crippen LogP contribution is 2.39. The molecule has 1 atom stereocenters. The van der Waals surface area contributed by atoms with Gasteiger partial charge in [0.1, 0.15) is 5.76 Å². The smallest absolute Gasteiger partial charge is 0.169 e. The molecule has 148 valence electrons. The molecule has 1 aliphatic heterocycles. The zero-order valence-corrected chi connectivity index (χ0v) is 16.5. The van der Waals surface area contributed by atoms with Gasteiger partial charge in [0.25, 0.3) is 0 Å². The summed E-state index contributed by atoms with van der Waals surface area (Å²) in [6.45, 7) is 4.66. The number of hydrogen-bond acceptors (Lipinski definition) is 5. The van der Waals surface area contributed by atoms with Crippen LogP contribution in [0.15, 0.2) is 54.3 Å². The van der Waals surface area contributed by atoms with Crippen molar-refractivity contribution in [2.24, 2.45) is 0 Å². The average molecular weight is 381 g/mol. The van der Waals surface area contributed by atoms with Crippen LogP contribution in [0.5, 0.6) is 23.0 Å². The second kappa shape index (κ2) is 8.40. The van der Waals surface area contributed by atoms with Crippen LogP contribution in [0.1, 0.15) is 36.6 Å². The fourth-order valence-corrected chi connectivity index (χ4v) is 3.59. The highest BCUT2D eigenvalue weighted by Gasteiger charge is 2.26. The maximum Gasteiger partial charge on any atom is 0.169 e. The van der Waals surface area contributed by atoms with Crippen LogP contribution in [-0.2, 0) is 12.8 Å². The average Bonchev–Trinajstić information content (AvgIpc) is 2.67. The van der Waals surface area contributed by atoms with Crippen molar-refractivity contribution >= 4 is 0 Å². The van der Waals surface area contributed by atoms with Crippen LogP contribution >= 0.6 is 0 Å². The van der Waals surface area contributed by atoms with E-state index in [9.17, 15) is 15.3 Å². The molecular formula is C23H27NO4. The lowest BCUT2D eigenvalue weighted by Gasteiger charge is -2.35. The summed E-state index contributed by atoms with van der Waals surface area (Å²) in [5, 5.41) is 30.0. The molecule has 5 heteroatoms. The van der Waals surface area contributed by atoms with E-state index in [-0.39, 0.29) is 23.3 Å². The Balaban J connectivity index is 1.90. The fraction of sp³-hybridized carbons (Fsp3) is 0.304. The molecule has 0 radical (unpaired) electrons. The number of phenolic OH excluding ortho intramolecular Hbond substituents is 3. The van der Waals surface area contributed by atoms with Gasteiger partial charge in [0, 0.05) is 12.6 Å². The van der Waals surface area contributed by atoms with E-state index in [2.05, 4.69) is 11.9 Å². The second-order valence-electron chi connectivity index (χ2n) is 7.09. The van der Waals surface area contributed by atoms with Gasteiger partial charge in [-0.2, -0.15) is 0 Å². The molecule has 0 aliphatic carbocycles. The van der Waals surface area contributed by atoms with Gasteiger partial charge >= 0.3 is 0 Å². The molecule has 3 N–H and O–H groups in total. The molecule has 1 heterocycles. The predicted molar refractivity (Wildman–Crippen MR) is 110 cm³/mol. The number of fused-ring (bicyclic) bond motifs is 1. The van der Waals surface area contributed by atoms with Crippen LogP contribution in [-0.4, -0.2) is 33.8 Å². The van der Waals surface area contributed by atoms with Gasteiger partial charge in [-0.05, 0) is 86.8 Å². The molecule has 0 spiro atoms. The molecular weight excluding hydrogens is 354 g/mol. The van der Waals surface area contributed by atoms with E-state index in [1.54, 1.807) is 18.2 Å². The highest BCUT2D eigenvalue weighted by molar-refractivity contribution is 5.49. The Morgan fingerprint density at radius 1 is 1.11 bits per heavy atom. The maximum atomic E-state index is 10.2. The minimum Gasteiger partial charge on any atom is -0.504 e. The minimum atomic E-state index is -0.0992. The maximum absolute atomic E-state index is 10.2. The summed E-state index contributed by atoms with van der Waals surface area (Å²) in [6.07, 6.45) is 7.08. The first kappa shape index (κ1) is 19.8. The van der Waals surface area contributed by atoms with E-state index in [0.717, 1.165) is 29.7 Å². The van der Waals surface area contributed by atoms with Crippen molar-refractivity contribution in [3.05, 3.63) is 71.0 Å². The number of likely N-dealkylation sites (N-methyl/N-ethyl adjacent to an activating group) is 1. The van der Waals surface area contributed by atoms with Gasteiger partial charge in [0.15, 0.2) is 23.0 Å². The molecule has 0 amide bonds. The highest BCUT2D eigenvalue weighted by atomic mass is 16.5. The Kier molecular flexibility index (Phi) is 5.95. The van der Waals surface area contributed by atoms with Crippen LogP contribution in [0.4, 0.5) is 0 Å². The molecule has 0 bridgehead atoms. The summed E-state index contributed by atoms with van der Waals surface area (Å²) in [5.41, 5.74) is 3.08. The van der Waals surface area contributed by atoms with E-state index in [0.29, 0.717) is 17.9 Å². The van der Waals surface area contributed by atoms with Crippen molar-refractivity contribution in [1.29, 1.82) is 0 Å². The lowest BCUT2D eigenvalue weighted by molar-refractivity contribution is 0.228.